The largest absolute Gasteiger partial charge is 0.379 e. The van der Waals surface area contributed by atoms with Crippen LogP contribution in [0.15, 0.2) is 0 Å². The molecule has 1 rings (SSSR count). The molecule has 1 fully saturated rings. The summed E-state index contributed by atoms with van der Waals surface area (Å²) in [7, 11) is 0. The highest BCUT2D eigenvalue weighted by Crippen LogP contribution is 1.96. The van der Waals surface area contributed by atoms with Gasteiger partial charge < -0.3 is 20.1 Å². The molecule has 0 spiro atoms. The van der Waals surface area contributed by atoms with Crippen LogP contribution in [0.5, 0.6) is 0 Å². The molecule has 0 bridgehead atoms. The van der Waals surface area contributed by atoms with E-state index in [1.165, 1.54) is 0 Å². The Labute approximate surface area is 103 Å². The van der Waals surface area contributed by atoms with E-state index in [0.717, 1.165) is 19.5 Å². The van der Waals surface area contributed by atoms with Crippen molar-refractivity contribution in [2.24, 2.45) is 0 Å². The van der Waals surface area contributed by atoms with Gasteiger partial charge in [-0.05, 0) is 19.9 Å². The molecule has 0 aromatic heterocycles. The van der Waals surface area contributed by atoms with Gasteiger partial charge in [0, 0.05) is 19.2 Å². The first-order valence-corrected chi connectivity index (χ1v) is 5.48. The van der Waals surface area contributed by atoms with Gasteiger partial charge in [0.25, 0.3) is 0 Å². The number of hydrogen-bond donors (Lipinski definition) is 2. The van der Waals surface area contributed by atoms with E-state index >= 15 is 0 Å². The van der Waals surface area contributed by atoms with Crippen LogP contribution in [-0.4, -0.2) is 51.5 Å². The maximum atomic E-state index is 11.3. The molecule has 0 aromatic carbocycles. The first-order chi connectivity index (χ1) is 7.33. The number of carbonyl (C=O) groups excluding carboxylic acids is 1. The fraction of sp³-hybridized carbons (Fsp3) is 0.900. The van der Waals surface area contributed by atoms with E-state index in [-0.39, 0.29) is 31.0 Å². The second-order valence-electron chi connectivity index (χ2n) is 3.51. The van der Waals surface area contributed by atoms with E-state index in [4.69, 9.17) is 9.47 Å². The summed E-state index contributed by atoms with van der Waals surface area (Å²) in [6.45, 7) is 5.62. The van der Waals surface area contributed by atoms with Gasteiger partial charge in [0.15, 0.2) is 0 Å². The summed E-state index contributed by atoms with van der Waals surface area (Å²) in [5.41, 5.74) is 0. The van der Waals surface area contributed by atoms with Gasteiger partial charge in [-0.2, -0.15) is 0 Å². The average molecular weight is 253 g/mol. The minimum Gasteiger partial charge on any atom is -0.379 e. The zero-order valence-corrected chi connectivity index (χ0v) is 10.5. The van der Waals surface area contributed by atoms with Crippen molar-refractivity contribution >= 4 is 18.3 Å². The van der Waals surface area contributed by atoms with Crippen LogP contribution in [0.25, 0.3) is 0 Å². The molecule has 1 aliphatic heterocycles. The molecular weight excluding hydrogens is 232 g/mol. The molecular formula is C10H21ClN2O3. The molecule has 1 heterocycles. The maximum Gasteiger partial charge on any atom is 0.246 e. The van der Waals surface area contributed by atoms with Gasteiger partial charge in [-0.3, -0.25) is 4.79 Å². The van der Waals surface area contributed by atoms with Crippen molar-refractivity contribution in [1.82, 2.24) is 10.6 Å². The molecule has 5 nitrogen and oxygen atoms in total. The van der Waals surface area contributed by atoms with E-state index < -0.39 is 0 Å². The quantitative estimate of drug-likeness (QED) is 0.624. The lowest BCUT2D eigenvalue weighted by Crippen LogP contribution is -2.38. The fourth-order valence-corrected chi connectivity index (χ4v) is 1.47. The van der Waals surface area contributed by atoms with Crippen LogP contribution in [0.3, 0.4) is 0 Å². The van der Waals surface area contributed by atoms with Crippen molar-refractivity contribution in [3.8, 4) is 0 Å². The van der Waals surface area contributed by atoms with Gasteiger partial charge >= 0.3 is 0 Å². The van der Waals surface area contributed by atoms with Crippen molar-refractivity contribution in [2.75, 3.05) is 39.5 Å². The van der Waals surface area contributed by atoms with Crippen LogP contribution in [-0.2, 0) is 14.3 Å². The SMILES string of the molecule is CCOCCOCC(=O)NC1CCNC1.Cl. The number of carbonyl (C=O) groups is 1. The Kier molecular flexibility index (Phi) is 9.62. The van der Waals surface area contributed by atoms with Crippen LogP contribution in [0.2, 0.25) is 0 Å². The molecule has 1 unspecified atom stereocenters. The van der Waals surface area contributed by atoms with E-state index in [1.807, 2.05) is 6.92 Å². The Bertz CT molecular complexity index is 187. The molecule has 2 N–H and O–H groups in total. The number of ether oxygens (including phenoxy) is 2. The molecule has 1 aliphatic rings. The molecule has 0 saturated carbocycles. The summed E-state index contributed by atoms with van der Waals surface area (Å²) in [6, 6.07) is 0.271. The van der Waals surface area contributed by atoms with Gasteiger partial charge in [0.1, 0.15) is 6.61 Å². The smallest absolute Gasteiger partial charge is 0.246 e. The lowest BCUT2D eigenvalue weighted by atomic mass is 10.2. The fourth-order valence-electron chi connectivity index (χ4n) is 1.47. The third-order valence-corrected chi connectivity index (χ3v) is 2.23. The third kappa shape index (κ3) is 7.00. The Morgan fingerprint density at radius 2 is 2.19 bits per heavy atom. The molecule has 0 aliphatic carbocycles. The molecule has 16 heavy (non-hydrogen) atoms. The molecule has 0 radical (unpaired) electrons. The van der Waals surface area contributed by atoms with Crippen molar-refractivity contribution in [3.63, 3.8) is 0 Å². The standard InChI is InChI=1S/C10H20N2O3.ClH/c1-2-14-5-6-15-8-10(13)12-9-3-4-11-7-9;/h9,11H,2-8H2,1H3,(H,12,13);1H. The second-order valence-corrected chi connectivity index (χ2v) is 3.51. The third-order valence-electron chi connectivity index (χ3n) is 2.23. The topological polar surface area (TPSA) is 59.6 Å². The van der Waals surface area contributed by atoms with Crippen LogP contribution in [0.1, 0.15) is 13.3 Å². The summed E-state index contributed by atoms with van der Waals surface area (Å²) < 4.78 is 10.2. The zero-order chi connectivity index (χ0) is 10.9. The van der Waals surface area contributed by atoms with E-state index in [9.17, 15) is 4.79 Å². The van der Waals surface area contributed by atoms with Crippen LogP contribution in [0, 0.1) is 0 Å². The van der Waals surface area contributed by atoms with E-state index in [1.54, 1.807) is 0 Å². The Morgan fingerprint density at radius 3 is 2.81 bits per heavy atom. The van der Waals surface area contributed by atoms with Gasteiger partial charge in [-0.15, -0.1) is 12.4 Å². The van der Waals surface area contributed by atoms with Crippen molar-refractivity contribution in [2.45, 2.75) is 19.4 Å². The number of nitrogens with one attached hydrogen (secondary N) is 2. The number of rotatable bonds is 7. The highest BCUT2D eigenvalue weighted by molar-refractivity contribution is 5.85. The maximum absolute atomic E-state index is 11.3. The molecule has 6 heteroatoms. The van der Waals surface area contributed by atoms with Gasteiger partial charge in [-0.1, -0.05) is 0 Å². The van der Waals surface area contributed by atoms with Crippen molar-refractivity contribution < 1.29 is 14.3 Å². The number of amides is 1. The lowest BCUT2D eigenvalue weighted by Gasteiger charge is -2.11. The van der Waals surface area contributed by atoms with Crippen LogP contribution < -0.4 is 10.6 Å². The van der Waals surface area contributed by atoms with Crippen LogP contribution in [0.4, 0.5) is 0 Å². The van der Waals surface area contributed by atoms with E-state index in [2.05, 4.69) is 10.6 Å². The molecule has 96 valence electrons. The molecule has 0 aromatic rings. The summed E-state index contributed by atoms with van der Waals surface area (Å²) in [5, 5.41) is 6.09. The first-order valence-electron chi connectivity index (χ1n) is 5.48. The van der Waals surface area contributed by atoms with Gasteiger partial charge in [-0.25, -0.2) is 0 Å². The predicted octanol–water partition coefficient (Wildman–Crippen LogP) is -0.0606. The Hall–Kier alpha value is -0.360. The second kappa shape index (κ2) is 9.84. The van der Waals surface area contributed by atoms with Gasteiger partial charge in [0.2, 0.25) is 5.91 Å². The van der Waals surface area contributed by atoms with Gasteiger partial charge in [0.05, 0.1) is 13.2 Å². The summed E-state index contributed by atoms with van der Waals surface area (Å²) in [4.78, 5) is 11.3. The van der Waals surface area contributed by atoms with Crippen LogP contribution >= 0.6 is 12.4 Å². The monoisotopic (exact) mass is 252 g/mol. The highest BCUT2D eigenvalue weighted by atomic mass is 35.5. The average Bonchev–Trinajstić information content (AvgIpc) is 2.70. The summed E-state index contributed by atoms with van der Waals surface area (Å²) >= 11 is 0. The lowest BCUT2D eigenvalue weighted by molar-refractivity contribution is -0.126. The molecule has 1 saturated heterocycles. The number of halogens is 1. The minimum atomic E-state index is -0.0415. The number of hydrogen-bond acceptors (Lipinski definition) is 4. The molecule has 1 atom stereocenters. The summed E-state index contributed by atoms with van der Waals surface area (Å²) in [6.07, 6.45) is 1.00. The zero-order valence-electron chi connectivity index (χ0n) is 9.66. The highest BCUT2D eigenvalue weighted by Gasteiger charge is 2.16. The first kappa shape index (κ1) is 15.6. The van der Waals surface area contributed by atoms with E-state index in [0.29, 0.717) is 19.8 Å². The normalized spacial score (nSPS) is 19.2. The minimum absolute atomic E-state index is 0. The molecule has 1 amide bonds. The van der Waals surface area contributed by atoms with Crippen molar-refractivity contribution in [3.05, 3.63) is 0 Å². The van der Waals surface area contributed by atoms with Crippen molar-refractivity contribution in [1.29, 1.82) is 0 Å². The predicted molar refractivity (Wildman–Crippen MR) is 64.0 cm³/mol. The Morgan fingerprint density at radius 1 is 1.44 bits per heavy atom. The summed E-state index contributed by atoms with van der Waals surface area (Å²) in [5.74, 6) is -0.0415. The Balaban J connectivity index is 0.00000225.